The molecule has 88 valence electrons. The monoisotopic (exact) mass is 225 g/mol. The Hall–Kier alpha value is -1.59. The van der Waals surface area contributed by atoms with E-state index in [0.29, 0.717) is 6.54 Å². The van der Waals surface area contributed by atoms with E-state index in [4.69, 9.17) is 15.3 Å². The smallest absolute Gasteiger partial charge is 0.307 e. The van der Waals surface area contributed by atoms with Gasteiger partial charge in [-0.05, 0) is 17.7 Å². The molecular weight excluding hydrogens is 210 g/mol. The highest BCUT2D eigenvalue weighted by Gasteiger charge is 2.00. The minimum absolute atomic E-state index is 0.00956. The molecule has 1 aromatic carbocycles. The molecule has 1 aromatic rings. The van der Waals surface area contributed by atoms with E-state index < -0.39 is 12.3 Å². The summed E-state index contributed by atoms with van der Waals surface area (Å²) in [5, 5.41) is 28.8. The Labute approximate surface area is 93.4 Å². The van der Waals surface area contributed by atoms with E-state index >= 15 is 0 Å². The Morgan fingerprint density at radius 2 is 1.88 bits per heavy atom. The van der Waals surface area contributed by atoms with Crippen molar-refractivity contribution in [2.45, 2.75) is 19.1 Å². The fraction of sp³-hybridized carbons (Fsp3) is 0.364. The van der Waals surface area contributed by atoms with Crippen LogP contribution in [0, 0.1) is 0 Å². The van der Waals surface area contributed by atoms with E-state index in [1.165, 1.54) is 0 Å². The number of anilines is 1. The van der Waals surface area contributed by atoms with Crippen LogP contribution in [0.3, 0.4) is 0 Å². The zero-order valence-corrected chi connectivity index (χ0v) is 8.76. The Morgan fingerprint density at radius 1 is 1.25 bits per heavy atom. The number of rotatable bonds is 6. The molecule has 0 spiro atoms. The number of hydrogen-bond acceptors (Lipinski definition) is 4. The second-order valence-electron chi connectivity index (χ2n) is 3.46. The first-order valence-electron chi connectivity index (χ1n) is 4.98. The number of carboxylic acid groups (broad SMARTS) is 1. The third kappa shape index (κ3) is 4.77. The molecule has 0 unspecified atom stereocenters. The second-order valence-corrected chi connectivity index (χ2v) is 3.46. The molecule has 0 saturated carbocycles. The van der Waals surface area contributed by atoms with Crippen LogP contribution in [0.5, 0.6) is 0 Å². The average molecular weight is 225 g/mol. The first-order chi connectivity index (χ1) is 7.58. The summed E-state index contributed by atoms with van der Waals surface area (Å²) in [6.45, 7) is 0.454. The number of benzene rings is 1. The molecule has 0 radical (unpaired) electrons. The lowest BCUT2D eigenvalue weighted by Gasteiger charge is -2.07. The topological polar surface area (TPSA) is 89.8 Å². The molecule has 0 saturated heterocycles. The van der Waals surface area contributed by atoms with Crippen LogP contribution in [0.4, 0.5) is 5.69 Å². The lowest BCUT2D eigenvalue weighted by molar-refractivity contribution is -0.136. The number of aliphatic carboxylic acids is 1. The molecule has 0 aliphatic rings. The van der Waals surface area contributed by atoms with Gasteiger partial charge in [0.05, 0.1) is 6.42 Å². The van der Waals surface area contributed by atoms with E-state index in [0.717, 1.165) is 11.3 Å². The highest BCUT2D eigenvalue weighted by Crippen LogP contribution is 2.10. The standard InChI is InChI=1S/C11H15NO4/c13-10(14)5-6-12-9-3-1-8(2-4-9)7-11(15)16/h1-4,10,12-14H,5-7H2,(H,15,16). The molecule has 0 aromatic heterocycles. The number of carbonyl (C=O) groups is 1. The predicted molar refractivity (Wildman–Crippen MR) is 59.1 cm³/mol. The maximum atomic E-state index is 10.4. The average Bonchev–Trinajstić information content (AvgIpc) is 2.19. The summed E-state index contributed by atoms with van der Waals surface area (Å²) in [4.78, 5) is 10.4. The minimum Gasteiger partial charge on any atom is -0.481 e. The number of aliphatic hydroxyl groups is 2. The van der Waals surface area contributed by atoms with Crippen LogP contribution in [0.25, 0.3) is 0 Å². The largest absolute Gasteiger partial charge is 0.481 e. The zero-order valence-electron chi connectivity index (χ0n) is 8.76. The first kappa shape index (κ1) is 12.5. The van der Waals surface area contributed by atoms with Gasteiger partial charge in [0.15, 0.2) is 6.29 Å². The SMILES string of the molecule is O=C(O)Cc1ccc(NCCC(O)O)cc1. The molecule has 4 N–H and O–H groups in total. The summed E-state index contributed by atoms with van der Waals surface area (Å²) < 4.78 is 0. The van der Waals surface area contributed by atoms with Gasteiger partial charge in [-0.25, -0.2) is 0 Å². The molecule has 0 atom stereocenters. The lowest BCUT2D eigenvalue weighted by atomic mass is 10.1. The van der Waals surface area contributed by atoms with Crippen LogP contribution in [0.1, 0.15) is 12.0 Å². The minimum atomic E-state index is -1.31. The van der Waals surface area contributed by atoms with Crippen molar-refractivity contribution in [2.24, 2.45) is 0 Å². The Balaban J connectivity index is 2.42. The summed E-state index contributed by atoms with van der Waals surface area (Å²) in [6.07, 6.45) is -1.05. The molecule has 0 heterocycles. The summed E-state index contributed by atoms with van der Waals surface area (Å²) in [7, 11) is 0. The number of nitrogens with one attached hydrogen (secondary N) is 1. The van der Waals surface area contributed by atoms with Crippen molar-refractivity contribution in [1.29, 1.82) is 0 Å². The molecule has 5 heteroatoms. The van der Waals surface area contributed by atoms with Crippen LogP contribution in [0.15, 0.2) is 24.3 Å². The maximum Gasteiger partial charge on any atom is 0.307 e. The van der Waals surface area contributed by atoms with E-state index in [1.54, 1.807) is 24.3 Å². The highest BCUT2D eigenvalue weighted by atomic mass is 16.5. The first-order valence-corrected chi connectivity index (χ1v) is 4.98. The van der Waals surface area contributed by atoms with Crippen LogP contribution in [-0.4, -0.2) is 34.1 Å². The van der Waals surface area contributed by atoms with Crippen LogP contribution in [-0.2, 0) is 11.2 Å². The number of carboxylic acids is 1. The van der Waals surface area contributed by atoms with Gasteiger partial charge in [-0.1, -0.05) is 12.1 Å². The van der Waals surface area contributed by atoms with E-state index in [9.17, 15) is 4.79 Å². The third-order valence-electron chi connectivity index (χ3n) is 2.04. The van der Waals surface area contributed by atoms with Crippen molar-refractivity contribution in [2.75, 3.05) is 11.9 Å². The molecule has 1 rings (SSSR count). The molecule has 0 bridgehead atoms. The Bertz CT molecular complexity index is 334. The molecule has 0 fully saturated rings. The van der Waals surface area contributed by atoms with Gasteiger partial charge in [0.25, 0.3) is 0 Å². The van der Waals surface area contributed by atoms with Crippen LogP contribution >= 0.6 is 0 Å². The fourth-order valence-corrected chi connectivity index (χ4v) is 1.26. The molecule has 16 heavy (non-hydrogen) atoms. The summed E-state index contributed by atoms with van der Waals surface area (Å²) in [5.41, 5.74) is 1.56. The molecular formula is C11H15NO4. The van der Waals surface area contributed by atoms with E-state index in [2.05, 4.69) is 5.32 Å². The molecule has 0 aliphatic carbocycles. The van der Waals surface area contributed by atoms with Gasteiger partial charge in [-0.3, -0.25) is 4.79 Å². The van der Waals surface area contributed by atoms with Gasteiger partial charge >= 0.3 is 5.97 Å². The van der Waals surface area contributed by atoms with Crippen molar-refractivity contribution >= 4 is 11.7 Å². The van der Waals surface area contributed by atoms with Crippen molar-refractivity contribution in [1.82, 2.24) is 0 Å². The van der Waals surface area contributed by atoms with E-state index in [1.807, 2.05) is 0 Å². The summed E-state index contributed by atoms with van der Waals surface area (Å²) in [5.74, 6) is -0.857. The van der Waals surface area contributed by atoms with Gasteiger partial charge < -0.3 is 20.6 Å². The summed E-state index contributed by atoms with van der Waals surface area (Å²) in [6, 6.07) is 6.99. The Morgan fingerprint density at radius 3 is 2.38 bits per heavy atom. The van der Waals surface area contributed by atoms with Crippen LogP contribution in [0.2, 0.25) is 0 Å². The van der Waals surface area contributed by atoms with E-state index in [-0.39, 0.29) is 12.8 Å². The highest BCUT2D eigenvalue weighted by molar-refractivity contribution is 5.70. The van der Waals surface area contributed by atoms with Crippen LogP contribution < -0.4 is 5.32 Å². The van der Waals surface area contributed by atoms with Gasteiger partial charge in [-0.2, -0.15) is 0 Å². The normalized spacial score (nSPS) is 10.4. The quantitative estimate of drug-likeness (QED) is 0.527. The van der Waals surface area contributed by atoms with Crippen molar-refractivity contribution < 1.29 is 20.1 Å². The third-order valence-corrected chi connectivity index (χ3v) is 2.04. The van der Waals surface area contributed by atoms with Gasteiger partial charge in [-0.15, -0.1) is 0 Å². The van der Waals surface area contributed by atoms with Gasteiger partial charge in [0.2, 0.25) is 0 Å². The summed E-state index contributed by atoms with van der Waals surface area (Å²) >= 11 is 0. The number of hydrogen-bond donors (Lipinski definition) is 4. The fourth-order valence-electron chi connectivity index (χ4n) is 1.26. The molecule has 0 aliphatic heterocycles. The predicted octanol–water partition coefficient (Wildman–Crippen LogP) is 0.426. The second kappa shape index (κ2) is 6.09. The molecule has 0 amide bonds. The Kier molecular flexibility index (Phi) is 4.75. The maximum absolute atomic E-state index is 10.4. The van der Waals surface area contributed by atoms with Crippen molar-refractivity contribution in [3.8, 4) is 0 Å². The lowest BCUT2D eigenvalue weighted by Crippen LogP contribution is -2.12. The van der Waals surface area contributed by atoms with Gasteiger partial charge in [0.1, 0.15) is 0 Å². The van der Waals surface area contributed by atoms with Crippen molar-refractivity contribution in [3.63, 3.8) is 0 Å². The van der Waals surface area contributed by atoms with Crippen molar-refractivity contribution in [3.05, 3.63) is 29.8 Å². The van der Waals surface area contributed by atoms with Gasteiger partial charge in [0, 0.05) is 18.7 Å². The zero-order chi connectivity index (χ0) is 12.0. The number of aliphatic hydroxyl groups excluding tert-OH is 1. The molecule has 5 nitrogen and oxygen atoms in total.